The third kappa shape index (κ3) is 3.09. The van der Waals surface area contributed by atoms with Gasteiger partial charge in [-0.15, -0.1) is 11.3 Å². The van der Waals surface area contributed by atoms with Crippen LogP contribution in [0.3, 0.4) is 0 Å². The normalized spacial score (nSPS) is 11.4. The molecule has 3 aromatic heterocycles. The molecule has 3 aromatic rings. The zero-order valence-electron chi connectivity index (χ0n) is 11.8. The van der Waals surface area contributed by atoms with Crippen molar-refractivity contribution in [3.05, 3.63) is 59.4 Å². The van der Waals surface area contributed by atoms with Gasteiger partial charge in [0.15, 0.2) is 5.69 Å². The molecule has 0 saturated carbocycles. The van der Waals surface area contributed by atoms with E-state index in [9.17, 15) is 4.79 Å². The monoisotopic (exact) mass is 311 g/mol. The highest BCUT2D eigenvalue weighted by molar-refractivity contribution is 7.13. The lowest BCUT2D eigenvalue weighted by molar-refractivity contribution is 0.0950. The average Bonchev–Trinajstić information content (AvgIpc) is 3.23. The maximum absolute atomic E-state index is 12.1. The minimum atomic E-state index is -0.354. The lowest BCUT2D eigenvalue weighted by atomic mass is 10.2. The predicted molar refractivity (Wildman–Crippen MR) is 85.8 cm³/mol. The number of H-pyrrole nitrogens is 1. The van der Waals surface area contributed by atoms with Crippen LogP contribution in [0.25, 0.3) is 10.6 Å². The van der Waals surface area contributed by atoms with Gasteiger partial charge in [-0.25, -0.2) is 5.43 Å². The highest BCUT2D eigenvalue weighted by Gasteiger charge is 2.11. The van der Waals surface area contributed by atoms with Gasteiger partial charge in [-0.05, 0) is 36.6 Å². The molecule has 0 radical (unpaired) electrons. The Bertz CT molecular complexity index is 792. The first-order valence-electron chi connectivity index (χ1n) is 6.58. The van der Waals surface area contributed by atoms with Crippen LogP contribution in [0.5, 0.6) is 0 Å². The van der Waals surface area contributed by atoms with Crippen molar-refractivity contribution in [1.82, 2.24) is 20.6 Å². The number of carbonyl (C=O) groups excluding carboxylic acids is 1. The van der Waals surface area contributed by atoms with Gasteiger partial charge in [-0.1, -0.05) is 6.07 Å². The molecule has 0 aliphatic carbocycles. The van der Waals surface area contributed by atoms with Crippen LogP contribution in [0.4, 0.5) is 0 Å². The number of pyridine rings is 1. The van der Waals surface area contributed by atoms with Crippen molar-refractivity contribution >= 4 is 23.0 Å². The molecule has 7 heteroatoms. The number of hydrogen-bond donors (Lipinski definition) is 2. The first kappa shape index (κ1) is 14.2. The van der Waals surface area contributed by atoms with Crippen LogP contribution >= 0.6 is 11.3 Å². The maximum atomic E-state index is 12.1. The van der Waals surface area contributed by atoms with Gasteiger partial charge in [0.2, 0.25) is 0 Å². The minimum absolute atomic E-state index is 0.301. The fourth-order valence-corrected chi connectivity index (χ4v) is 2.54. The van der Waals surface area contributed by atoms with Gasteiger partial charge in [0, 0.05) is 18.0 Å². The summed E-state index contributed by atoms with van der Waals surface area (Å²) in [6.45, 7) is 1.82. The van der Waals surface area contributed by atoms with Gasteiger partial charge >= 0.3 is 0 Å². The minimum Gasteiger partial charge on any atom is -0.276 e. The summed E-state index contributed by atoms with van der Waals surface area (Å²) in [7, 11) is 0. The molecule has 1 amide bonds. The second-order valence-electron chi connectivity index (χ2n) is 4.52. The van der Waals surface area contributed by atoms with E-state index in [2.05, 4.69) is 25.7 Å². The van der Waals surface area contributed by atoms with Gasteiger partial charge in [-0.3, -0.25) is 14.9 Å². The number of aromatic amines is 1. The Labute approximate surface area is 130 Å². The number of amides is 1. The van der Waals surface area contributed by atoms with Crippen molar-refractivity contribution < 1.29 is 4.79 Å². The van der Waals surface area contributed by atoms with E-state index in [-0.39, 0.29) is 5.91 Å². The molecule has 2 N–H and O–H groups in total. The van der Waals surface area contributed by atoms with E-state index in [1.807, 2.05) is 36.6 Å². The third-order valence-electron chi connectivity index (χ3n) is 3.02. The molecule has 0 fully saturated rings. The summed E-state index contributed by atoms with van der Waals surface area (Å²) >= 11 is 1.58. The Morgan fingerprint density at radius 3 is 2.86 bits per heavy atom. The molecule has 0 unspecified atom stereocenters. The van der Waals surface area contributed by atoms with Crippen LogP contribution in [0, 0.1) is 0 Å². The summed E-state index contributed by atoms with van der Waals surface area (Å²) in [6, 6.07) is 9.27. The Balaban J connectivity index is 1.70. The van der Waals surface area contributed by atoms with E-state index in [1.165, 1.54) is 0 Å². The Morgan fingerprint density at radius 2 is 2.14 bits per heavy atom. The maximum Gasteiger partial charge on any atom is 0.291 e. The molecule has 6 nitrogen and oxygen atoms in total. The SMILES string of the molecule is C/C(=N\NC(=O)c1cc(-c2cccs2)[nH]n1)c1ccncc1. The van der Waals surface area contributed by atoms with Gasteiger partial charge in [0.25, 0.3) is 5.91 Å². The molecule has 3 heterocycles. The van der Waals surface area contributed by atoms with E-state index in [0.29, 0.717) is 11.4 Å². The molecular formula is C15H13N5OS. The number of thiophene rings is 1. The Morgan fingerprint density at radius 1 is 1.32 bits per heavy atom. The largest absolute Gasteiger partial charge is 0.291 e. The number of carbonyl (C=O) groups is 1. The lowest BCUT2D eigenvalue weighted by Gasteiger charge is -2.00. The highest BCUT2D eigenvalue weighted by atomic mass is 32.1. The van der Waals surface area contributed by atoms with Gasteiger partial charge in [-0.2, -0.15) is 10.2 Å². The van der Waals surface area contributed by atoms with Crippen LogP contribution in [-0.4, -0.2) is 26.8 Å². The average molecular weight is 311 g/mol. The molecule has 3 rings (SSSR count). The molecule has 0 aliphatic heterocycles. The van der Waals surface area contributed by atoms with Crippen LogP contribution in [0.2, 0.25) is 0 Å². The number of hydrogen-bond acceptors (Lipinski definition) is 5. The molecule has 0 aliphatic rings. The van der Waals surface area contributed by atoms with Crippen molar-refractivity contribution in [2.45, 2.75) is 6.92 Å². The van der Waals surface area contributed by atoms with Crippen molar-refractivity contribution in [3.8, 4) is 10.6 Å². The fraction of sp³-hybridized carbons (Fsp3) is 0.0667. The fourth-order valence-electron chi connectivity index (χ4n) is 1.85. The van der Waals surface area contributed by atoms with Crippen molar-refractivity contribution in [3.63, 3.8) is 0 Å². The summed E-state index contributed by atoms with van der Waals surface area (Å²) in [6.07, 6.45) is 3.36. The third-order valence-corrected chi connectivity index (χ3v) is 3.92. The van der Waals surface area contributed by atoms with Crippen molar-refractivity contribution in [1.29, 1.82) is 0 Å². The van der Waals surface area contributed by atoms with E-state index in [1.54, 1.807) is 29.8 Å². The zero-order valence-corrected chi connectivity index (χ0v) is 12.6. The summed E-state index contributed by atoms with van der Waals surface area (Å²) in [5, 5.41) is 12.9. The molecular weight excluding hydrogens is 298 g/mol. The van der Waals surface area contributed by atoms with Gasteiger partial charge in [0.1, 0.15) is 0 Å². The summed E-state index contributed by atoms with van der Waals surface area (Å²) in [4.78, 5) is 17.0. The zero-order chi connectivity index (χ0) is 15.4. The summed E-state index contributed by atoms with van der Waals surface area (Å²) in [5.74, 6) is -0.354. The number of nitrogens with one attached hydrogen (secondary N) is 2. The van der Waals surface area contributed by atoms with Crippen LogP contribution in [0.1, 0.15) is 23.0 Å². The molecule has 0 spiro atoms. The number of rotatable bonds is 4. The van der Waals surface area contributed by atoms with E-state index >= 15 is 0 Å². The molecule has 22 heavy (non-hydrogen) atoms. The molecule has 0 bridgehead atoms. The first-order valence-corrected chi connectivity index (χ1v) is 7.46. The van der Waals surface area contributed by atoms with E-state index in [0.717, 1.165) is 16.1 Å². The van der Waals surface area contributed by atoms with Crippen LogP contribution in [0.15, 0.2) is 53.2 Å². The quantitative estimate of drug-likeness (QED) is 0.574. The van der Waals surface area contributed by atoms with E-state index < -0.39 is 0 Å². The summed E-state index contributed by atoms with van der Waals surface area (Å²) in [5.41, 5.74) is 5.22. The molecule has 0 atom stereocenters. The highest BCUT2D eigenvalue weighted by Crippen LogP contribution is 2.22. The topological polar surface area (TPSA) is 83.0 Å². The molecule has 0 saturated heterocycles. The van der Waals surface area contributed by atoms with Crippen LogP contribution in [-0.2, 0) is 0 Å². The summed E-state index contributed by atoms with van der Waals surface area (Å²) < 4.78 is 0. The Hall–Kier alpha value is -2.80. The number of aromatic nitrogens is 3. The smallest absolute Gasteiger partial charge is 0.276 e. The first-order chi connectivity index (χ1) is 10.7. The number of hydrazone groups is 1. The predicted octanol–water partition coefficient (Wildman–Crippen LogP) is 2.69. The molecule has 0 aromatic carbocycles. The Kier molecular flexibility index (Phi) is 4.06. The van der Waals surface area contributed by atoms with E-state index in [4.69, 9.17) is 0 Å². The lowest BCUT2D eigenvalue weighted by Crippen LogP contribution is -2.19. The molecule has 110 valence electrons. The van der Waals surface area contributed by atoms with Crippen LogP contribution < -0.4 is 5.43 Å². The van der Waals surface area contributed by atoms with Gasteiger partial charge < -0.3 is 0 Å². The standard InChI is InChI=1S/C15H13N5OS/c1-10(11-4-6-16-7-5-11)17-20-15(21)13-9-12(18-19-13)14-3-2-8-22-14/h2-9H,1H3,(H,18,19)(H,20,21)/b17-10+. The number of nitrogens with zero attached hydrogens (tertiary/aromatic N) is 3. The van der Waals surface area contributed by atoms with Crippen molar-refractivity contribution in [2.75, 3.05) is 0 Å². The second kappa shape index (κ2) is 6.31. The second-order valence-corrected chi connectivity index (χ2v) is 5.47. The van der Waals surface area contributed by atoms with Gasteiger partial charge in [0.05, 0.1) is 16.3 Å². The van der Waals surface area contributed by atoms with Crippen molar-refractivity contribution in [2.24, 2.45) is 5.10 Å².